The summed E-state index contributed by atoms with van der Waals surface area (Å²) >= 11 is 0. The minimum absolute atomic E-state index is 0.231. The molecule has 4 heteroatoms. The number of nitrogens with one attached hydrogen (secondary N) is 1. The molecule has 0 aliphatic rings. The third kappa shape index (κ3) is 5.47. The first kappa shape index (κ1) is 15.4. The maximum absolute atomic E-state index is 11.3. The van der Waals surface area contributed by atoms with Crippen LogP contribution in [0.4, 0.5) is 0 Å². The fourth-order valence-electron chi connectivity index (χ4n) is 1.92. The van der Waals surface area contributed by atoms with Gasteiger partial charge in [-0.1, -0.05) is 20.8 Å². The summed E-state index contributed by atoms with van der Waals surface area (Å²) in [5.74, 6) is -0.258. The summed E-state index contributed by atoms with van der Waals surface area (Å²) in [5.41, 5.74) is 5.38. The first-order chi connectivity index (χ1) is 7.56. The molecule has 1 atom stereocenters. The van der Waals surface area contributed by atoms with Crippen molar-refractivity contribution in [2.75, 3.05) is 20.1 Å². The van der Waals surface area contributed by atoms with Gasteiger partial charge in [0.1, 0.15) is 0 Å². The van der Waals surface area contributed by atoms with Crippen LogP contribution in [-0.4, -0.2) is 43.0 Å². The van der Waals surface area contributed by atoms with Crippen LogP contribution in [0.2, 0.25) is 0 Å². The highest BCUT2D eigenvalue weighted by molar-refractivity contribution is 5.80. The van der Waals surface area contributed by atoms with Gasteiger partial charge in [-0.05, 0) is 32.9 Å². The maximum Gasteiger partial charge on any atom is 0.235 e. The number of carbonyl (C=O) groups is 1. The van der Waals surface area contributed by atoms with E-state index in [9.17, 15) is 4.79 Å². The summed E-state index contributed by atoms with van der Waals surface area (Å²) in [4.78, 5) is 13.5. The van der Waals surface area contributed by atoms with Crippen molar-refractivity contribution < 1.29 is 4.79 Å². The van der Waals surface area contributed by atoms with Crippen molar-refractivity contribution in [3.05, 3.63) is 0 Å². The monoisotopic (exact) mass is 229 g/mol. The molecule has 0 saturated heterocycles. The lowest BCUT2D eigenvalue weighted by Crippen LogP contribution is -2.50. The number of nitrogens with two attached hydrogens (primary N) is 1. The van der Waals surface area contributed by atoms with Crippen LogP contribution in [0.1, 0.15) is 40.0 Å². The fourth-order valence-corrected chi connectivity index (χ4v) is 1.92. The summed E-state index contributed by atoms with van der Waals surface area (Å²) in [6, 6.07) is 0.302. The first-order valence-corrected chi connectivity index (χ1v) is 6.29. The van der Waals surface area contributed by atoms with Crippen molar-refractivity contribution in [2.45, 2.75) is 52.1 Å². The molecule has 1 unspecified atom stereocenters. The molecule has 0 heterocycles. The Morgan fingerprint density at radius 3 is 2.25 bits per heavy atom. The summed E-state index contributed by atoms with van der Waals surface area (Å²) < 4.78 is 0. The normalized spacial score (nSPS) is 13.4. The van der Waals surface area contributed by atoms with Gasteiger partial charge in [-0.15, -0.1) is 0 Å². The highest BCUT2D eigenvalue weighted by atomic mass is 16.1. The molecule has 0 aliphatic heterocycles. The van der Waals surface area contributed by atoms with Crippen molar-refractivity contribution in [1.82, 2.24) is 10.2 Å². The van der Waals surface area contributed by atoms with Crippen LogP contribution in [0, 0.1) is 0 Å². The molecule has 16 heavy (non-hydrogen) atoms. The molecule has 96 valence electrons. The molecule has 1 amide bonds. The number of likely N-dealkylation sites (N-methyl/N-ethyl adjacent to an activating group) is 1. The van der Waals surface area contributed by atoms with E-state index in [1.54, 1.807) is 0 Å². The van der Waals surface area contributed by atoms with E-state index in [-0.39, 0.29) is 11.9 Å². The zero-order valence-electron chi connectivity index (χ0n) is 11.1. The van der Waals surface area contributed by atoms with Crippen molar-refractivity contribution in [2.24, 2.45) is 5.73 Å². The number of carbonyl (C=O) groups excluding carboxylic acids is 1. The Morgan fingerprint density at radius 2 is 1.88 bits per heavy atom. The summed E-state index contributed by atoms with van der Waals surface area (Å²) in [5, 5.41) is 3.19. The maximum atomic E-state index is 11.3. The summed E-state index contributed by atoms with van der Waals surface area (Å²) in [6.07, 6.45) is 3.22. The van der Waals surface area contributed by atoms with Crippen molar-refractivity contribution in [3.63, 3.8) is 0 Å². The molecule has 0 radical (unpaired) electrons. The van der Waals surface area contributed by atoms with E-state index in [2.05, 4.69) is 38.0 Å². The van der Waals surface area contributed by atoms with Gasteiger partial charge in [0.05, 0.1) is 6.04 Å². The Morgan fingerprint density at radius 1 is 1.31 bits per heavy atom. The molecule has 0 aromatic rings. The van der Waals surface area contributed by atoms with Crippen LogP contribution in [0.25, 0.3) is 0 Å². The van der Waals surface area contributed by atoms with Gasteiger partial charge in [-0.2, -0.15) is 0 Å². The molecular formula is C12H27N3O. The van der Waals surface area contributed by atoms with Crippen LogP contribution in [-0.2, 0) is 4.79 Å². The summed E-state index contributed by atoms with van der Waals surface area (Å²) in [6.45, 7) is 7.95. The predicted octanol–water partition coefficient (Wildman–Crippen LogP) is 0.960. The molecule has 0 fully saturated rings. The van der Waals surface area contributed by atoms with Gasteiger partial charge in [0.2, 0.25) is 5.91 Å². The van der Waals surface area contributed by atoms with Gasteiger partial charge in [0.25, 0.3) is 0 Å². The molecule has 0 saturated carbocycles. The second-order valence-electron chi connectivity index (χ2n) is 4.32. The fraction of sp³-hybridized carbons (Fsp3) is 0.917. The molecule has 0 bridgehead atoms. The standard InChI is InChI=1S/C12H27N3O/c1-5-8-14-11(12(13)16)9-15(4)10(6-2)7-3/h10-11,14H,5-9H2,1-4H3,(H2,13,16). The number of amides is 1. The van der Waals surface area contributed by atoms with E-state index in [1.165, 1.54) is 0 Å². The second-order valence-corrected chi connectivity index (χ2v) is 4.32. The van der Waals surface area contributed by atoms with Crippen molar-refractivity contribution in [1.29, 1.82) is 0 Å². The minimum atomic E-state index is -0.258. The molecule has 0 spiro atoms. The SMILES string of the molecule is CCCNC(CN(C)C(CC)CC)C(N)=O. The quantitative estimate of drug-likeness (QED) is 0.619. The van der Waals surface area contributed by atoms with Crippen molar-refractivity contribution >= 4 is 5.91 Å². The average Bonchev–Trinajstić information content (AvgIpc) is 2.25. The van der Waals surface area contributed by atoms with E-state index in [0.29, 0.717) is 12.6 Å². The largest absolute Gasteiger partial charge is 0.368 e. The van der Waals surface area contributed by atoms with E-state index in [1.807, 2.05) is 0 Å². The van der Waals surface area contributed by atoms with E-state index in [0.717, 1.165) is 25.8 Å². The molecule has 3 N–H and O–H groups in total. The van der Waals surface area contributed by atoms with Crippen LogP contribution in [0.3, 0.4) is 0 Å². The van der Waals surface area contributed by atoms with Crippen molar-refractivity contribution in [3.8, 4) is 0 Å². The van der Waals surface area contributed by atoms with Crippen LogP contribution < -0.4 is 11.1 Å². The van der Waals surface area contributed by atoms with Crippen LogP contribution in [0.5, 0.6) is 0 Å². The van der Waals surface area contributed by atoms with Gasteiger partial charge in [0, 0.05) is 12.6 Å². The van der Waals surface area contributed by atoms with Gasteiger partial charge >= 0.3 is 0 Å². The lowest BCUT2D eigenvalue weighted by Gasteiger charge is -2.29. The Kier molecular flexibility index (Phi) is 8.21. The van der Waals surface area contributed by atoms with Gasteiger partial charge < -0.3 is 16.0 Å². The van der Waals surface area contributed by atoms with Gasteiger partial charge in [-0.3, -0.25) is 4.79 Å². The lowest BCUT2D eigenvalue weighted by atomic mass is 10.1. The number of rotatable bonds is 9. The predicted molar refractivity (Wildman–Crippen MR) is 68.3 cm³/mol. The molecule has 0 aromatic heterocycles. The highest BCUT2D eigenvalue weighted by Gasteiger charge is 2.19. The third-order valence-electron chi connectivity index (χ3n) is 3.02. The Hall–Kier alpha value is -0.610. The Bertz CT molecular complexity index is 193. The Balaban J connectivity index is 4.21. The number of nitrogens with zero attached hydrogens (tertiary/aromatic N) is 1. The molecule has 4 nitrogen and oxygen atoms in total. The zero-order chi connectivity index (χ0) is 12.6. The second kappa shape index (κ2) is 8.53. The minimum Gasteiger partial charge on any atom is -0.368 e. The smallest absolute Gasteiger partial charge is 0.235 e. The van der Waals surface area contributed by atoms with Gasteiger partial charge in [-0.25, -0.2) is 0 Å². The van der Waals surface area contributed by atoms with E-state index < -0.39 is 0 Å². The average molecular weight is 229 g/mol. The van der Waals surface area contributed by atoms with Crippen LogP contribution in [0.15, 0.2) is 0 Å². The first-order valence-electron chi connectivity index (χ1n) is 6.29. The third-order valence-corrected chi connectivity index (χ3v) is 3.02. The molecule has 0 aliphatic carbocycles. The van der Waals surface area contributed by atoms with E-state index in [4.69, 9.17) is 5.73 Å². The Labute approximate surface area is 99.6 Å². The zero-order valence-corrected chi connectivity index (χ0v) is 11.1. The van der Waals surface area contributed by atoms with Gasteiger partial charge in [0.15, 0.2) is 0 Å². The number of hydrogen-bond acceptors (Lipinski definition) is 3. The van der Waals surface area contributed by atoms with E-state index >= 15 is 0 Å². The lowest BCUT2D eigenvalue weighted by molar-refractivity contribution is -0.120. The molecular weight excluding hydrogens is 202 g/mol. The summed E-state index contributed by atoms with van der Waals surface area (Å²) in [7, 11) is 2.06. The topological polar surface area (TPSA) is 58.4 Å². The van der Waals surface area contributed by atoms with Crippen LogP contribution >= 0.6 is 0 Å². The highest BCUT2D eigenvalue weighted by Crippen LogP contribution is 2.06. The molecule has 0 aromatic carbocycles. The number of primary amides is 1. The molecule has 0 rings (SSSR count). The number of hydrogen-bond donors (Lipinski definition) is 2.